The molecule has 1 aromatic carbocycles. The van der Waals surface area contributed by atoms with E-state index in [1.807, 2.05) is 23.6 Å². The minimum atomic E-state index is -0.308. The Morgan fingerprint density at radius 1 is 1.07 bits per heavy atom. The predicted molar refractivity (Wildman–Crippen MR) is 113 cm³/mol. The van der Waals surface area contributed by atoms with Crippen LogP contribution in [0, 0.1) is 5.82 Å². The number of likely N-dealkylation sites (tertiary alicyclic amines) is 2. The van der Waals surface area contributed by atoms with E-state index < -0.39 is 0 Å². The maximum absolute atomic E-state index is 14.8. The first kappa shape index (κ1) is 20.4. The Hall–Kier alpha value is -1.86. The third-order valence-electron chi connectivity index (χ3n) is 6.30. The summed E-state index contributed by atoms with van der Waals surface area (Å²) in [4.78, 5) is 19.2. The number of nitrogens with one attached hydrogen (secondary N) is 1. The van der Waals surface area contributed by atoms with Gasteiger partial charge in [0, 0.05) is 37.9 Å². The van der Waals surface area contributed by atoms with Crippen LogP contribution in [-0.2, 0) is 4.74 Å². The molecule has 1 aromatic rings. The molecule has 0 unspecified atom stereocenters. The topological polar surface area (TPSA) is 48.1 Å². The molecule has 0 bridgehead atoms. The minimum absolute atomic E-state index is 0.0696. The molecule has 4 rings (SSSR count). The van der Waals surface area contributed by atoms with Crippen LogP contribution in [0.25, 0.3) is 0 Å². The average molecular weight is 405 g/mol. The highest BCUT2D eigenvalue weighted by Crippen LogP contribution is 2.27. The second-order valence-corrected chi connectivity index (χ2v) is 8.74. The summed E-state index contributed by atoms with van der Waals surface area (Å²) in [6, 6.07) is 5.32. The van der Waals surface area contributed by atoms with Gasteiger partial charge in [0.25, 0.3) is 0 Å². The number of halogens is 1. The lowest BCUT2D eigenvalue weighted by Crippen LogP contribution is -2.50. The van der Waals surface area contributed by atoms with Gasteiger partial charge in [0.1, 0.15) is 5.82 Å². The van der Waals surface area contributed by atoms with Crippen LogP contribution < -0.4 is 10.2 Å². The molecule has 3 fully saturated rings. The number of nitrogens with zero attached hydrogens (tertiary/aromatic N) is 3. The Balaban J connectivity index is 1.37. The van der Waals surface area contributed by atoms with Crippen molar-refractivity contribution in [3.05, 3.63) is 24.0 Å². The van der Waals surface area contributed by atoms with Crippen LogP contribution >= 0.6 is 0 Å². The fourth-order valence-electron chi connectivity index (χ4n) is 4.96. The van der Waals surface area contributed by atoms with Crippen molar-refractivity contribution >= 4 is 17.4 Å². The van der Waals surface area contributed by atoms with Gasteiger partial charge in [0.05, 0.1) is 17.9 Å². The van der Waals surface area contributed by atoms with Gasteiger partial charge in [-0.2, -0.15) is 0 Å². The maximum atomic E-state index is 14.8. The quantitative estimate of drug-likeness (QED) is 0.837. The van der Waals surface area contributed by atoms with Crippen molar-refractivity contribution in [3.63, 3.8) is 0 Å². The molecule has 6 nitrogen and oxygen atoms in total. The molecule has 0 saturated carbocycles. The number of morpholine rings is 1. The van der Waals surface area contributed by atoms with Crippen LogP contribution in [0.1, 0.15) is 39.5 Å². The average Bonchev–Trinajstić information content (AvgIpc) is 3.22. The Bertz CT molecular complexity index is 715. The minimum Gasteiger partial charge on any atom is -0.372 e. The molecular formula is C22H33FN4O2. The first-order valence-corrected chi connectivity index (χ1v) is 11.0. The fourth-order valence-corrected chi connectivity index (χ4v) is 4.96. The van der Waals surface area contributed by atoms with Gasteiger partial charge >= 0.3 is 6.03 Å². The molecule has 3 saturated heterocycles. The third-order valence-corrected chi connectivity index (χ3v) is 6.30. The Kier molecular flexibility index (Phi) is 6.25. The van der Waals surface area contributed by atoms with E-state index in [1.165, 1.54) is 18.9 Å². The third kappa shape index (κ3) is 4.83. The first-order chi connectivity index (χ1) is 14.0. The van der Waals surface area contributed by atoms with Gasteiger partial charge in [0.2, 0.25) is 0 Å². The van der Waals surface area contributed by atoms with Crippen molar-refractivity contribution < 1.29 is 13.9 Å². The summed E-state index contributed by atoms with van der Waals surface area (Å²) in [5, 5.41) is 2.90. The normalized spacial score (nSPS) is 28.6. The van der Waals surface area contributed by atoms with Crippen molar-refractivity contribution in [1.29, 1.82) is 0 Å². The van der Waals surface area contributed by atoms with Gasteiger partial charge < -0.3 is 19.9 Å². The lowest BCUT2D eigenvalue weighted by molar-refractivity contribution is -0.00539. The summed E-state index contributed by atoms with van der Waals surface area (Å²) in [5.41, 5.74) is 1.07. The van der Waals surface area contributed by atoms with E-state index in [0.29, 0.717) is 30.5 Å². The highest BCUT2D eigenvalue weighted by Gasteiger charge is 2.29. The van der Waals surface area contributed by atoms with Gasteiger partial charge in [-0.1, -0.05) is 0 Å². The molecule has 2 amide bonds. The number of carbonyl (C=O) groups excluding carboxylic acids is 1. The monoisotopic (exact) mass is 404 g/mol. The van der Waals surface area contributed by atoms with Gasteiger partial charge in [-0.25, -0.2) is 9.18 Å². The summed E-state index contributed by atoms with van der Waals surface area (Å²) in [5.74, 6) is -0.308. The molecule has 0 aromatic heterocycles. The molecule has 1 N–H and O–H groups in total. The van der Waals surface area contributed by atoms with E-state index in [0.717, 1.165) is 39.0 Å². The molecule has 3 heterocycles. The number of amides is 2. The number of anilines is 2. The Morgan fingerprint density at radius 2 is 1.79 bits per heavy atom. The molecule has 0 spiro atoms. The van der Waals surface area contributed by atoms with Crippen LogP contribution in [0.3, 0.4) is 0 Å². The summed E-state index contributed by atoms with van der Waals surface area (Å²) >= 11 is 0. The number of piperidine rings is 1. The Labute approximate surface area is 173 Å². The highest BCUT2D eigenvalue weighted by atomic mass is 19.1. The fraction of sp³-hybridized carbons (Fsp3) is 0.682. The van der Waals surface area contributed by atoms with Crippen molar-refractivity contribution in [2.75, 3.05) is 49.5 Å². The number of urea groups is 1. The van der Waals surface area contributed by atoms with Gasteiger partial charge in [-0.15, -0.1) is 0 Å². The van der Waals surface area contributed by atoms with E-state index in [-0.39, 0.29) is 24.1 Å². The molecule has 0 radical (unpaired) electrons. The van der Waals surface area contributed by atoms with Crippen LogP contribution in [0.2, 0.25) is 0 Å². The van der Waals surface area contributed by atoms with E-state index in [9.17, 15) is 9.18 Å². The van der Waals surface area contributed by atoms with Gasteiger partial charge in [-0.05, 0) is 70.8 Å². The van der Waals surface area contributed by atoms with E-state index in [2.05, 4.69) is 10.2 Å². The second kappa shape index (κ2) is 8.88. The molecule has 7 heteroatoms. The second-order valence-electron chi connectivity index (χ2n) is 8.74. The largest absolute Gasteiger partial charge is 0.372 e. The SMILES string of the molecule is C[C@@H]1CN(c2ccc(NC(=O)N3CCC[C@H](N4CCCC4)C3)cc2F)C[C@H](C)O1. The Morgan fingerprint density at radius 3 is 2.48 bits per heavy atom. The van der Waals surface area contributed by atoms with Gasteiger partial charge in [-0.3, -0.25) is 4.90 Å². The molecule has 29 heavy (non-hydrogen) atoms. The number of ether oxygens (including phenoxy) is 1. The first-order valence-electron chi connectivity index (χ1n) is 11.0. The summed E-state index contributed by atoms with van der Waals surface area (Å²) in [7, 11) is 0. The molecule has 3 aliphatic heterocycles. The lowest BCUT2D eigenvalue weighted by Gasteiger charge is -2.37. The summed E-state index contributed by atoms with van der Waals surface area (Å²) < 4.78 is 20.5. The summed E-state index contributed by atoms with van der Waals surface area (Å²) in [6.07, 6.45) is 4.84. The van der Waals surface area contributed by atoms with Crippen molar-refractivity contribution in [2.24, 2.45) is 0 Å². The predicted octanol–water partition coefficient (Wildman–Crippen LogP) is 3.53. The van der Waals surface area contributed by atoms with Crippen molar-refractivity contribution in [3.8, 4) is 0 Å². The highest BCUT2D eigenvalue weighted by molar-refractivity contribution is 5.89. The zero-order valence-electron chi connectivity index (χ0n) is 17.6. The van der Waals surface area contributed by atoms with Crippen LogP contribution in [-0.4, -0.2) is 73.3 Å². The molecule has 0 aliphatic carbocycles. The van der Waals surface area contributed by atoms with Gasteiger partial charge in [0.15, 0.2) is 0 Å². The van der Waals surface area contributed by atoms with Crippen LogP contribution in [0.4, 0.5) is 20.6 Å². The molecule has 3 atom stereocenters. The number of hydrogen-bond donors (Lipinski definition) is 1. The number of hydrogen-bond acceptors (Lipinski definition) is 4. The maximum Gasteiger partial charge on any atom is 0.321 e. The van der Waals surface area contributed by atoms with E-state index >= 15 is 0 Å². The van der Waals surface area contributed by atoms with Crippen molar-refractivity contribution in [2.45, 2.75) is 57.8 Å². The standard InChI is InChI=1S/C22H33FN4O2/c1-16-13-27(14-17(2)29-16)21-8-7-18(12-20(21)23)24-22(28)26-11-5-6-19(15-26)25-9-3-4-10-25/h7-8,12,16-17,19H,3-6,9-11,13-15H2,1-2H3,(H,24,28)/t16-,17+,19-/m0/s1. The number of rotatable bonds is 3. The number of carbonyl (C=O) groups is 1. The zero-order chi connectivity index (χ0) is 20.4. The lowest BCUT2D eigenvalue weighted by atomic mass is 10.0. The summed E-state index contributed by atoms with van der Waals surface area (Å²) in [6.45, 7) is 9.15. The smallest absolute Gasteiger partial charge is 0.321 e. The molecule has 3 aliphatic rings. The molecule has 160 valence electrons. The zero-order valence-corrected chi connectivity index (χ0v) is 17.6. The van der Waals surface area contributed by atoms with Crippen LogP contribution in [0.15, 0.2) is 18.2 Å². The van der Waals surface area contributed by atoms with Crippen molar-refractivity contribution in [1.82, 2.24) is 9.80 Å². The van der Waals surface area contributed by atoms with E-state index in [1.54, 1.807) is 12.1 Å². The van der Waals surface area contributed by atoms with Crippen LogP contribution in [0.5, 0.6) is 0 Å². The molecular weight excluding hydrogens is 371 g/mol. The van der Waals surface area contributed by atoms with E-state index in [4.69, 9.17) is 4.74 Å². The number of benzene rings is 1.